The molecule has 1 rings (SSSR count). The number of nitrogens with zero attached hydrogens (tertiary/aromatic N) is 3. The van der Waals surface area contributed by atoms with Crippen LogP contribution in [0.25, 0.3) is 0 Å². The first-order valence-corrected chi connectivity index (χ1v) is 8.28. The normalized spacial score (nSPS) is 12.8. The van der Waals surface area contributed by atoms with Crippen molar-refractivity contribution in [2.24, 2.45) is 0 Å². The lowest BCUT2D eigenvalue weighted by Gasteiger charge is -2.30. The van der Waals surface area contributed by atoms with Gasteiger partial charge in [-0.15, -0.1) is 0 Å². The van der Waals surface area contributed by atoms with E-state index in [-0.39, 0.29) is 11.8 Å². The number of hydrogen-bond donors (Lipinski definition) is 2. The van der Waals surface area contributed by atoms with Crippen molar-refractivity contribution in [2.45, 2.75) is 53.4 Å². The van der Waals surface area contributed by atoms with E-state index < -0.39 is 12.3 Å². The molecule has 1 aromatic heterocycles. The molecule has 0 saturated heterocycles. The van der Waals surface area contributed by atoms with E-state index >= 15 is 0 Å². The third-order valence-electron chi connectivity index (χ3n) is 3.65. The zero-order valence-corrected chi connectivity index (χ0v) is 15.5. The number of aromatic nitrogens is 2. The van der Waals surface area contributed by atoms with Crippen LogP contribution in [0.4, 0.5) is 16.4 Å². The van der Waals surface area contributed by atoms with Gasteiger partial charge in [-0.2, -0.15) is 0 Å². The standard InChI is InChI=1S/C17H27N5O3/c1-7-14(12(5)23)25-13(6)22(9-3)16-11(4)15(19-10-20-16)21-17(24)18-8-2/h9-10,13-14H,3,7-8H2,1-2,4-6H3,(H2,18,19,20,21,24). The summed E-state index contributed by atoms with van der Waals surface area (Å²) in [4.78, 5) is 33.4. The molecular formula is C17H27N5O3. The highest BCUT2D eigenvalue weighted by molar-refractivity contribution is 5.89. The molecule has 0 spiro atoms. The third-order valence-corrected chi connectivity index (χ3v) is 3.65. The van der Waals surface area contributed by atoms with Crippen LogP contribution in [-0.4, -0.2) is 40.7 Å². The molecule has 138 valence electrons. The molecule has 1 heterocycles. The molecule has 2 amide bonds. The minimum atomic E-state index is -0.493. The van der Waals surface area contributed by atoms with Crippen molar-refractivity contribution in [3.8, 4) is 0 Å². The monoisotopic (exact) mass is 349 g/mol. The van der Waals surface area contributed by atoms with E-state index in [4.69, 9.17) is 4.74 Å². The number of carbonyl (C=O) groups is 2. The number of nitrogens with one attached hydrogen (secondary N) is 2. The first-order chi connectivity index (χ1) is 11.8. The fourth-order valence-corrected chi connectivity index (χ4v) is 2.33. The van der Waals surface area contributed by atoms with Crippen LogP contribution in [0.2, 0.25) is 0 Å². The van der Waals surface area contributed by atoms with Crippen LogP contribution >= 0.6 is 0 Å². The summed E-state index contributed by atoms with van der Waals surface area (Å²) >= 11 is 0. The highest BCUT2D eigenvalue weighted by atomic mass is 16.5. The fraction of sp³-hybridized carbons (Fsp3) is 0.529. The second-order valence-corrected chi connectivity index (χ2v) is 5.49. The van der Waals surface area contributed by atoms with Crippen LogP contribution in [0.15, 0.2) is 19.1 Å². The molecule has 0 aliphatic heterocycles. The van der Waals surface area contributed by atoms with E-state index in [1.807, 2.05) is 20.8 Å². The lowest BCUT2D eigenvalue weighted by molar-refractivity contribution is -0.131. The average Bonchev–Trinajstić information content (AvgIpc) is 2.56. The largest absolute Gasteiger partial charge is 0.347 e. The van der Waals surface area contributed by atoms with Crippen LogP contribution in [0.5, 0.6) is 0 Å². The molecule has 2 atom stereocenters. The Hall–Kier alpha value is -2.48. The van der Waals surface area contributed by atoms with Crippen LogP contribution < -0.4 is 15.5 Å². The van der Waals surface area contributed by atoms with Gasteiger partial charge >= 0.3 is 6.03 Å². The van der Waals surface area contributed by atoms with Crippen molar-refractivity contribution < 1.29 is 14.3 Å². The maximum absolute atomic E-state index is 11.7. The molecular weight excluding hydrogens is 322 g/mol. The fourth-order valence-electron chi connectivity index (χ4n) is 2.33. The molecule has 25 heavy (non-hydrogen) atoms. The van der Waals surface area contributed by atoms with Crippen molar-refractivity contribution in [3.63, 3.8) is 0 Å². The van der Waals surface area contributed by atoms with Crippen LogP contribution in [-0.2, 0) is 9.53 Å². The highest BCUT2D eigenvalue weighted by Crippen LogP contribution is 2.25. The number of anilines is 2. The maximum atomic E-state index is 11.7. The lowest BCUT2D eigenvalue weighted by Crippen LogP contribution is -2.37. The molecule has 0 aliphatic carbocycles. The summed E-state index contributed by atoms with van der Waals surface area (Å²) in [6, 6.07) is -0.340. The van der Waals surface area contributed by atoms with Gasteiger partial charge in [-0.05, 0) is 34.1 Å². The summed E-state index contributed by atoms with van der Waals surface area (Å²) in [6.07, 6.45) is 2.56. The maximum Gasteiger partial charge on any atom is 0.320 e. The Balaban J connectivity index is 3.04. The summed E-state index contributed by atoms with van der Waals surface area (Å²) < 4.78 is 5.83. The summed E-state index contributed by atoms with van der Waals surface area (Å²) in [5.41, 5.74) is 0.667. The van der Waals surface area contributed by atoms with Gasteiger partial charge in [0.1, 0.15) is 30.3 Å². The van der Waals surface area contributed by atoms with E-state index in [2.05, 4.69) is 27.2 Å². The Morgan fingerprint density at radius 2 is 2.08 bits per heavy atom. The molecule has 0 saturated carbocycles. The Morgan fingerprint density at radius 1 is 1.40 bits per heavy atom. The number of hydrogen-bond acceptors (Lipinski definition) is 6. The third kappa shape index (κ3) is 5.53. The molecule has 0 bridgehead atoms. The molecule has 2 unspecified atom stereocenters. The van der Waals surface area contributed by atoms with Gasteiger partial charge in [0.15, 0.2) is 5.78 Å². The average molecular weight is 349 g/mol. The van der Waals surface area contributed by atoms with Crippen molar-refractivity contribution in [3.05, 3.63) is 24.7 Å². The van der Waals surface area contributed by atoms with E-state index in [1.165, 1.54) is 13.3 Å². The molecule has 8 heteroatoms. The van der Waals surface area contributed by atoms with Crippen molar-refractivity contribution >= 4 is 23.5 Å². The Morgan fingerprint density at radius 3 is 2.60 bits per heavy atom. The summed E-state index contributed by atoms with van der Waals surface area (Å²) in [5, 5.41) is 5.33. The molecule has 1 aromatic rings. The Bertz CT molecular complexity index is 620. The second kappa shape index (κ2) is 9.73. The van der Waals surface area contributed by atoms with Crippen LogP contribution in [0.1, 0.15) is 39.7 Å². The number of carbonyl (C=O) groups excluding carboxylic acids is 2. The van der Waals surface area contributed by atoms with Crippen LogP contribution in [0.3, 0.4) is 0 Å². The van der Waals surface area contributed by atoms with Gasteiger partial charge < -0.3 is 15.0 Å². The molecule has 0 fully saturated rings. The number of rotatable bonds is 9. The summed E-state index contributed by atoms with van der Waals surface area (Å²) in [6.45, 7) is 13.1. The first-order valence-electron chi connectivity index (χ1n) is 8.28. The lowest BCUT2D eigenvalue weighted by atomic mass is 10.2. The number of Topliss-reactive ketones (excluding diaryl/α,β-unsaturated/α-hetero) is 1. The topological polar surface area (TPSA) is 96.5 Å². The number of ketones is 1. The minimum Gasteiger partial charge on any atom is -0.347 e. The van der Waals surface area contributed by atoms with Crippen molar-refractivity contribution in [1.29, 1.82) is 0 Å². The van der Waals surface area contributed by atoms with Crippen molar-refractivity contribution in [1.82, 2.24) is 15.3 Å². The van der Waals surface area contributed by atoms with Gasteiger partial charge in [-0.1, -0.05) is 13.5 Å². The quantitative estimate of drug-likeness (QED) is 0.665. The van der Waals surface area contributed by atoms with Gasteiger partial charge in [0.25, 0.3) is 0 Å². The number of amides is 2. The molecule has 0 aromatic carbocycles. The predicted molar refractivity (Wildman–Crippen MR) is 97.4 cm³/mol. The van der Waals surface area contributed by atoms with Gasteiger partial charge in [-0.3, -0.25) is 10.1 Å². The highest BCUT2D eigenvalue weighted by Gasteiger charge is 2.23. The van der Waals surface area contributed by atoms with Crippen molar-refractivity contribution in [2.75, 3.05) is 16.8 Å². The van der Waals surface area contributed by atoms with E-state index in [0.717, 1.165) is 0 Å². The van der Waals surface area contributed by atoms with E-state index in [9.17, 15) is 9.59 Å². The predicted octanol–water partition coefficient (Wildman–Crippen LogP) is 2.61. The minimum absolute atomic E-state index is 0.0311. The van der Waals surface area contributed by atoms with E-state index in [0.29, 0.717) is 30.2 Å². The molecule has 8 nitrogen and oxygen atoms in total. The summed E-state index contributed by atoms with van der Waals surface area (Å²) in [7, 11) is 0. The molecule has 0 aliphatic rings. The zero-order valence-electron chi connectivity index (χ0n) is 15.5. The van der Waals surface area contributed by atoms with Crippen LogP contribution in [0, 0.1) is 6.92 Å². The van der Waals surface area contributed by atoms with Gasteiger partial charge in [0.05, 0.1) is 0 Å². The smallest absolute Gasteiger partial charge is 0.320 e. The second-order valence-electron chi connectivity index (χ2n) is 5.49. The zero-order chi connectivity index (χ0) is 19.0. The Kier molecular flexibility index (Phi) is 8.00. The van der Waals surface area contributed by atoms with E-state index in [1.54, 1.807) is 18.0 Å². The molecule has 0 radical (unpaired) electrons. The first kappa shape index (κ1) is 20.6. The van der Waals surface area contributed by atoms with Gasteiger partial charge in [-0.25, -0.2) is 14.8 Å². The SMILES string of the molecule is C=CN(c1ncnc(NC(=O)NCC)c1C)C(C)OC(CC)C(C)=O. The Labute approximate surface area is 148 Å². The summed E-state index contributed by atoms with van der Waals surface area (Å²) in [5.74, 6) is 0.910. The van der Waals surface area contributed by atoms with Gasteiger partial charge in [0, 0.05) is 18.3 Å². The number of ether oxygens (including phenoxy) is 1. The van der Waals surface area contributed by atoms with Gasteiger partial charge in [0.2, 0.25) is 0 Å². The molecule has 2 N–H and O–H groups in total. The number of urea groups is 1.